The molecule has 13 nitrogen and oxygen atoms in total. The minimum Gasteiger partial charge on any atom is -0.497 e. The van der Waals surface area contributed by atoms with E-state index in [1.807, 2.05) is 36.4 Å². The van der Waals surface area contributed by atoms with Gasteiger partial charge in [-0.15, -0.1) is 6.58 Å². The van der Waals surface area contributed by atoms with E-state index < -0.39 is 71.1 Å². The van der Waals surface area contributed by atoms with Crippen molar-refractivity contribution < 1.29 is 43.3 Å². The van der Waals surface area contributed by atoms with E-state index >= 15 is 0 Å². The van der Waals surface area contributed by atoms with Gasteiger partial charge in [-0.1, -0.05) is 69.5 Å². The third-order valence-electron chi connectivity index (χ3n) is 11.3. The van der Waals surface area contributed by atoms with E-state index in [0.717, 1.165) is 37.7 Å². The van der Waals surface area contributed by atoms with Gasteiger partial charge >= 0.3 is 11.9 Å². The number of amides is 3. The number of pyridine rings is 1. The van der Waals surface area contributed by atoms with Crippen LogP contribution in [0, 0.1) is 23.7 Å². The van der Waals surface area contributed by atoms with Crippen LogP contribution < -0.4 is 25.4 Å². The van der Waals surface area contributed by atoms with E-state index in [9.17, 15) is 29.1 Å². The van der Waals surface area contributed by atoms with E-state index in [2.05, 4.69) is 22.5 Å². The molecule has 4 N–H and O–H groups in total. The Labute approximate surface area is 326 Å². The molecule has 56 heavy (non-hydrogen) atoms. The zero-order valence-electron chi connectivity index (χ0n) is 32.2. The lowest BCUT2D eigenvalue weighted by Crippen LogP contribution is -2.56. The summed E-state index contributed by atoms with van der Waals surface area (Å²) in [4.78, 5) is 72.2. The molecular formula is C43H50N4O9. The van der Waals surface area contributed by atoms with Crippen LogP contribution in [0.25, 0.3) is 22.2 Å². The van der Waals surface area contributed by atoms with Crippen molar-refractivity contribution in [3.8, 4) is 22.8 Å². The van der Waals surface area contributed by atoms with E-state index in [4.69, 9.17) is 19.2 Å². The summed E-state index contributed by atoms with van der Waals surface area (Å²) in [5.41, 5.74) is 0.575. The smallest absolute Gasteiger partial charge is 0.330 e. The molecule has 3 aromatic rings. The van der Waals surface area contributed by atoms with Crippen LogP contribution >= 0.6 is 0 Å². The summed E-state index contributed by atoms with van der Waals surface area (Å²) >= 11 is 0. The SMILES string of the molecule is C=C[C@@H]1C[C@]1(NC(=O)C1CC(Oc2cc(-c3ccccc3)nc3cc(OC)ccc23)C=C1C(=O)N[C@H](C(=O)N[C@H](C(=O)OC)C1CCCCC1)C(C)C)C(=O)O. The number of carbonyl (C=O) groups is 5. The monoisotopic (exact) mass is 766 g/mol. The number of carboxylic acids is 1. The summed E-state index contributed by atoms with van der Waals surface area (Å²) in [6, 6.07) is 14.8. The molecule has 0 saturated heterocycles. The first-order valence-corrected chi connectivity index (χ1v) is 19.2. The molecule has 0 radical (unpaired) electrons. The largest absolute Gasteiger partial charge is 0.497 e. The van der Waals surface area contributed by atoms with Gasteiger partial charge < -0.3 is 35.3 Å². The van der Waals surface area contributed by atoms with Crippen molar-refractivity contribution in [1.82, 2.24) is 20.9 Å². The minimum atomic E-state index is -1.54. The van der Waals surface area contributed by atoms with Gasteiger partial charge in [-0.3, -0.25) is 14.4 Å². The molecule has 2 saturated carbocycles. The van der Waals surface area contributed by atoms with Crippen LogP contribution in [-0.4, -0.2) is 77.7 Å². The highest BCUT2D eigenvalue weighted by atomic mass is 16.5. The number of carbonyl (C=O) groups excluding carboxylic acids is 4. The molecule has 2 aromatic carbocycles. The van der Waals surface area contributed by atoms with Crippen molar-refractivity contribution in [2.24, 2.45) is 23.7 Å². The second-order valence-corrected chi connectivity index (χ2v) is 15.2. The Morgan fingerprint density at radius 2 is 1.71 bits per heavy atom. The van der Waals surface area contributed by atoms with Gasteiger partial charge in [0, 0.05) is 41.0 Å². The Kier molecular flexibility index (Phi) is 12.1. The molecule has 3 amide bonds. The van der Waals surface area contributed by atoms with E-state index in [-0.39, 0.29) is 24.3 Å². The number of esters is 1. The maximum absolute atomic E-state index is 14.3. The second kappa shape index (κ2) is 17.0. The van der Waals surface area contributed by atoms with E-state index in [1.165, 1.54) is 13.2 Å². The van der Waals surface area contributed by atoms with Gasteiger partial charge in [0.25, 0.3) is 0 Å². The summed E-state index contributed by atoms with van der Waals surface area (Å²) in [6.45, 7) is 7.25. The van der Waals surface area contributed by atoms with Gasteiger partial charge in [-0.2, -0.15) is 0 Å². The zero-order chi connectivity index (χ0) is 40.1. The van der Waals surface area contributed by atoms with Gasteiger partial charge in [-0.25, -0.2) is 14.6 Å². The lowest BCUT2D eigenvalue weighted by molar-refractivity contribution is -0.147. The van der Waals surface area contributed by atoms with Gasteiger partial charge in [0.15, 0.2) is 0 Å². The first-order valence-electron chi connectivity index (χ1n) is 19.2. The summed E-state index contributed by atoms with van der Waals surface area (Å²) in [7, 11) is 2.85. The van der Waals surface area contributed by atoms with Crippen molar-refractivity contribution in [1.29, 1.82) is 0 Å². The molecule has 6 atom stereocenters. The number of hydrogen-bond acceptors (Lipinski definition) is 9. The van der Waals surface area contributed by atoms with Crippen LogP contribution in [0.3, 0.4) is 0 Å². The second-order valence-electron chi connectivity index (χ2n) is 15.2. The molecule has 6 rings (SSSR count). The maximum atomic E-state index is 14.3. The van der Waals surface area contributed by atoms with E-state index in [1.54, 1.807) is 45.2 Å². The van der Waals surface area contributed by atoms with Gasteiger partial charge in [0.1, 0.15) is 35.2 Å². The fourth-order valence-electron chi connectivity index (χ4n) is 7.92. The molecule has 3 aliphatic rings. The lowest BCUT2D eigenvalue weighted by atomic mass is 9.83. The predicted octanol–water partition coefficient (Wildman–Crippen LogP) is 5.13. The van der Waals surface area contributed by atoms with Gasteiger partial charge in [0.2, 0.25) is 17.7 Å². The molecule has 1 aromatic heterocycles. The van der Waals surface area contributed by atoms with Crippen molar-refractivity contribution in [2.75, 3.05) is 14.2 Å². The number of nitrogens with zero attached hydrogens (tertiary/aromatic N) is 1. The molecular weight excluding hydrogens is 716 g/mol. The molecule has 3 aliphatic carbocycles. The average Bonchev–Trinajstić information content (AvgIpc) is 3.77. The molecule has 0 aliphatic heterocycles. The Balaban J connectivity index is 1.31. The number of benzene rings is 2. The number of aromatic nitrogens is 1. The summed E-state index contributed by atoms with van der Waals surface area (Å²) in [5.74, 6) is -4.69. The van der Waals surface area contributed by atoms with Crippen LogP contribution in [0.1, 0.15) is 58.8 Å². The molecule has 2 unspecified atom stereocenters. The molecule has 1 heterocycles. The third-order valence-corrected chi connectivity index (χ3v) is 11.3. The topological polar surface area (TPSA) is 182 Å². The number of fused-ring (bicyclic) bond motifs is 1. The van der Waals surface area contributed by atoms with Crippen LogP contribution in [0.2, 0.25) is 0 Å². The number of rotatable bonds is 15. The Morgan fingerprint density at radius 3 is 2.34 bits per heavy atom. The summed E-state index contributed by atoms with van der Waals surface area (Å²) in [5, 5.41) is 19.1. The van der Waals surface area contributed by atoms with Crippen LogP contribution in [0.15, 0.2) is 78.9 Å². The number of hydrogen-bond donors (Lipinski definition) is 4. The fraction of sp³-hybridized carbons (Fsp3) is 0.442. The third kappa shape index (κ3) is 8.41. The number of ether oxygens (including phenoxy) is 3. The highest BCUT2D eigenvalue weighted by Crippen LogP contribution is 2.45. The summed E-state index contributed by atoms with van der Waals surface area (Å²) < 4.78 is 17.1. The molecule has 0 spiro atoms. The van der Waals surface area contributed by atoms with Crippen LogP contribution in [-0.2, 0) is 28.7 Å². The standard InChI is InChI=1S/C43H50N4O9/c1-6-27-23-43(27,42(52)53)47-39(49)32-20-29(56-35-22-33(25-13-9-7-10-14-25)44-34-21-28(54-4)17-18-30(34)35)19-31(32)38(48)45-36(24(2)3)40(50)46-37(41(51)55-5)26-15-11-8-12-16-26/h6-7,9-10,13-14,17-19,21-22,24,26-27,29,32,36-37H,1,8,11-12,15-16,20,23H2,2-5H3,(H,45,48)(H,46,50)(H,47,49)(H,52,53)/t27-,29?,32?,36+,37+,43-/m1/s1. The molecule has 13 heteroatoms. The number of methoxy groups -OCH3 is 2. The predicted molar refractivity (Wildman–Crippen MR) is 208 cm³/mol. The minimum absolute atomic E-state index is 0.00825. The zero-order valence-corrected chi connectivity index (χ0v) is 32.2. The maximum Gasteiger partial charge on any atom is 0.330 e. The average molecular weight is 767 g/mol. The van der Waals surface area contributed by atoms with Crippen molar-refractivity contribution in [3.05, 3.63) is 78.9 Å². The first kappa shape index (κ1) is 40.0. The normalized spacial score (nSPS) is 22.9. The van der Waals surface area contributed by atoms with Crippen molar-refractivity contribution >= 4 is 40.6 Å². The number of carboxylic acid groups (broad SMARTS) is 1. The van der Waals surface area contributed by atoms with E-state index in [0.29, 0.717) is 28.1 Å². The van der Waals surface area contributed by atoms with Crippen LogP contribution in [0.5, 0.6) is 11.5 Å². The van der Waals surface area contributed by atoms with Gasteiger partial charge in [-0.05, 0) is 49.3 Å². The Hall–Kier alpha value is -5.72. The molecule has 296 valence electrons. The highest BCUT2D eigenvalue weighted by Gasteiger charge is 2.61. The first-order chi connectivity index (χ1) is 26.9. The Morgan fingerprint density at radius 1 is 0.982 bits per heavy atom. The quantitative estimate of drug-likeness (QED) is 0.120. The van der Waals surface area contributed by atoms with Crippen LogP contribution in [0.4, 0.5) is 0 Å². The highest BCUT2D eigenvalue weighted by molar-refractivity contribution is 6.04. The summed E-state index contributed by atoms with van der Waals surface area (Å²) in [6.07, 6.45) is 6.88. The molecule has 0 bridgehead atoms. The Bertz CT molecular complexity index is 2030. The number of aliphatic carboxylic acids is 1. The van der Waals surface area contributed by atoms with Gasteiger partial charge in [0.05, 0.1) is 31.3 Å². The fourth-order valence-corrected chi connectivity index (χ4v) is 7.92. The van der Waals surface area contributed by atoms with Crippen molar-refractivity contribution in [3.63, 3.8) is 0 Å². The molecule has 2 fully saturated rings. The lowest BCUT2D eigenvalue weighted by Gasteiger charge is -2.31. The number of nitrogens with one attached hydrogen (secondary N) is 3. The van der Waals surface area contributed by atoms with Crippen molar-refractivity contribution in [2.45, 2.75) is 82.5 Å².